The minimum absolute atomic E-state index is 0.206. The molecule has 20 heavy (non-hydrogen) atoms. The molecule has 0 atom stereocenters. The zero-order valence-corrected chi connectivity index (χ0v) is 11.2. The Labute approximate surface area is 116 Å². The molecule has 0 amide bonds. The van der Waals surface area contributed by atoms with Crippen molar-refractivity contribution in [3.8, 4) is 0 Å². The summed E-state index contributed by atoms with van der Waals surface area (Å²) in [4.78, 5) is 0.206. The predicted octanol–water partition coefficient (Wildman–Crippen LogP) is 1.76. The lowest BCUT2D eigenvalue weighted by atomic mass is 10.2. The van der Waals surface area contributed by atoms with Gasteiger partial charge in [0.15, 0.2) is 5.84 Å². The van der Waals surface area contributed by atoms with E-state index >= 15 is 0 Å². The predicted molar refractivity (Wildman–Crippen MR) is 77.3 cm³/mol. The third kappa shape index (κ3) is 2.33. The average molecular weight is 285 g/mol. The molecule has 6 heteroatoms. The van der Waals surface area contributed by atoms with Gasteiger partial charge in [-0.25, -0.2) is 0 Å². The van der Waals surface area contributed by atoms with E-state index in [2.05, 4.69) is 14.9 Å². The Kier molecular flexibility index (Phi) is 3.08. The maximum Gasteiger partial charge on any atom is 0.285 e. The standard InChI is InChI=1S/C14H11N3O2S/c18-20(19)13-9-5-4-8-12(13)14(17-20)16-15-10-11-6-2-1-3-7-11/h1-10H,(H,16,17). The van der Waals surface area contributed by atoms with Crippen LogP contribution in [0.1, 0.15) is 11.1 Å². The molecule has 0 saturated heterocycles. The summed E-state index contributed by atoms with van der Waals surface area (Å²) in [6, 6.07) is 16.2. The molecule has 0 radical (unpaired) electrons. The van der Waals surface area contributed by atoms with Crippen LogP contribution in [0.4, 0.5) is 0 Å². The number of nitrogens with one attached hydrogen (secondary N) is 1. The van der Waals surface area contributed by atoms with E-state index < -0.39 is 10.0 Å². The lowest BCUT2D eigenvalue weighted by Gasteiger charge is -2.00. The first-order valence-electron chi connectivity index (χ1n) is 5.95. The second kappa shape index (κ2) is 4.90. The van der Waals surface area contributed by atoms with Crippen molar-refractivity contribution in [2.45, 2.75) is 4.90 Å². The van der Waals surface area contributed by atoms with Gasteiger partial charge in [-0.1, -0.05) is 42.5 Å². The quantitative estimate of drug-likeness (QED) is 0.675. The van der Waals surface area contributed by atoms with Crippen LogP contribution in [-0.4, -0.2) is 20.5 Å². The highest BCUT2D eigenvalue weighted by atomic mass is 32.2. The van der Waals surface area contributed by atoms with E-state index in [1.165, 1.54) is 6.07 Å². The summed E-state index contributed by atoms with van der Waals surface area (Å²) < 4.78 is 27.3. The van der Waals surface area contributed by atoms with Gasteiger partial charge in [0, 0.05) is 5.56 Å². The number of rotatable bonds is 2. The van der Waals surface area contributed by atoms with Crippen LogP contribution < -0.4 is 5.43 Å². The fourth-order valence-corrected chi connectivity index (χ4v) is 3.06. The molecule has 3 rings (SSSR count). The van der Waals surface area contributed by atoms with Crippen molar-refractivity contribution in [2.75, 3.05) is 0 Å². The fraction of sp³-hybridized carbons (Fsp3) is 0. The highest BCUT2D eigenvalue weighted by Gasteiger charge is 2.27. The van der Waals surface area contributed by atoms with Gasteiger partial charge in [0.1, 0.15) is 4.90 Å². The zero-order chi connectivity index (χ0) is 14.0. The molecule has 0 aromatic heterocycles. The van der Waals surface area contributed by atoms with Crippen molar-refractivity contribution in [3.05, 3.63) is 65.7 Å². The number of fused-ring (bicyclic) bond motifs is 1. The summed E-state index contributed by atoms with van der Waals surface area (Å²) in [6.07, 6.45) is 1.61. The van der Waals surface area contributed by atoms with Gasteiger partial charge in [-0.3, -0.25) is 5.43 Å². The van der Waals surface area contributed by atoms with Crippen LogP contribution in [0, 0.1) is 0 Å². The van der Waals surface area contributed by atoms with Crippen molar-refractivity contribution in [1.82, 2.24) is 5.43 Å². The fourth-order valence-electron chi connectivity index (χ4n) is 1.89. The molecule has 1 aliphatic heterocycles. The van der Waals surface area contributed by atoms with E-state index in [0.29, 0.717) is 5.56 Å². The molecule has 2 aromatic rings. The van der Waals surface area contributed by atoms with Gasteiger partial charge in [-0.15, -0.1) is 4.40 Å². The topological polar surface area (TPSA) is 70.9 Å². The molecule has 0 aliphatic carbocycles. The van der Waals surface area contributed by atoms with Crippen molar-refractivity contribution < 1.29 is 8.42 Å². The molecule has 1 heterocycles. The highest BCUT2D eigenvalue weighted by Crippen LogP contribution is 2.24. The van der Waals surface area contributed by atoms with Gasteiger partial charge in [0.25, 0.3) is 10.0 Å². The monoisotopic (exact) mass is 285 g/mol. The van der Waals surface area contributed by atoms with Crippen molar-refractivity contribution in [2.24, 2.45) is 9.50 Å². The molecule has 100 valence electrons. The minimum atomic E-state index is -3.60. The van der Waals surface area contributed by atoms with E-state index in [9.17, 15) is 8.42 Å². The molecule has 1 aliphatic rings. The smallest absolute Gasteiger partial charge is 0.260 e. The number of amidine groups is 1. The summed E-state index contributed by atoms with van der Waals surface area (Å²) in [6.45, 7) is 0. The van der Waals surface area contributed by atoms with E-state index in [1.54, 1.807) is 24.4 Å². The first-order valence-corrected chi connectivity index (χ1v) is 7.39. The van der Waals surface area contributed by atoms with Gasteiger partial charge in [0.2, 0.25) is 0 Å². The first kappa shape index (κ1) is 12.6. The summed E-state index contributed by atoms with van der Waals surface area (Å²) >= 11 is 0. The molecule has 5 nitrogen and oxygen atoms in total. The van der Waals surface area contributed by atoms with Crippen LogP contribution in [0.25, 0.3) is 0 Å². The van der Waals surface area contributed by atoms with E-state index in [4.69, 9.17) is 0 Å². The second-order valence-electron chi connectivity index (χ2n) is 4.19. The number of sulfonamides is 1. The lowest BCUT2D eigenvalue weighted by molar-refractivity contribution is 0.599. The molecular formula is C14H11N3O2S. The second-order valence-corrected chi connectivity index (χ2v) is 5.76. The summed E-state index contributed by atoms with van der Waals surface area (Å²) in [5, 5.41) is 4.02. The SMILES string of the molecule is O=S1(=O)N=C(NN=Cc2ccccc2)c2ccccc21. The van der Waals surface area contributed by atoms with Gasteiger partial charge in [-0.05, 0) is 17.7 Å². The summed E-state index contributed by atoms with van der Waals surface area (Å²) in [5.74, 6) is 0.243. The number of benzene rings is 2. The third-order valence-corrected chi connectivity index (χ3v) is 4.15. The molecule has 0 saturated carbocycles. The van der Waals surface area contributed by atoms with Crippen LogP contribution in [-0.2, 0) is 10.0 Å². The Morgan fingerprint density at radius 1 is 1.00 bits per heavy atom. The summed E-state index contributed by atoms with van der Waals surface area (Å²) in [7, 11) is -3.60. The van der Waals surface area contributed by atoms with Crippen molar-refractivity contribution in [3.63, 3.8) is 0 Å². The van der Waals surface area contributed by atoms with E-state index in [1.807, 2.05) is 30.3 Å². The molecule has 0 unspecified atom stereocenters. The average Bonchev–Trinajstić information content (AvgIpc) is 2.72. The molecule has 0 spiro atoms. The van der Waals surface area contributed by atoms with Gasteiger partial charge < -0.3 is 0 Å². The largest absolute Gasteiger partial charge is 0.285 e. The third-order valence-electron chi connectivity index (χ3n) is 2.82. The number of hydrazone groups is 1. The minimum Gasteiger partial charge on any atom is -0.260 e. The lowest BCUT2D eigenvalue weighted by Crippen LogP contribution is -2.17. The molecule has 1 N–H and O–H groups in total. The van der Waals surface area contributed by atoms with Crippen LogP contribution in [0.2, 0.25) is 0 Å². The van der Waals surface area contributed by atoms with Gasteiger partial charge in [-0.2, -0.15) is 13.5 Å². The van der Waals surface area contributed by atoms with E-state index in [-0.39, 0.29) is 10.7 Å². The van der Waals surface area contributed by atoms with Gasteiger partial charge in [0.05, 0.1) is 6.21 Å². The summed E-state index contributed by atoms with van der Waals surface area (Å²) in [5.41, 5.74) is 4.13. The molecule has 2 aromatic carbocycles. The molecule has 0 bridgehead atoms. The number of hydrogen-bond donors (Lipinski definition) is 1. The van der Waals surface area contributed by atoms with E-state index in [0.717, 1.165) is 5.56 Å². The Morgan fingerprint density at radius 3 is 2.50 bits per heavy atom. The Morgan fingerprint density at radius 2 is 1.70 bits per heavy atom. The maximum atomic E-state index is 11.8. The highest BCUT2D eigenvalue weighted by molar-refractivity contribution is 7.90. The van der Waals surface area contributed by atoms with Crippen LogP contribution in [0.15, 0.2) is 69.0 Å². The van der Waals surface area contributed by atoms with Crippen LogP contribution in [0.5, 0.6) is 0 Å². The molecule has 0 fully saturated rings. The Bertz CT molecular complexity index is 796. The van der Waals surface area contributed by atoms with Crippen LogP contribution >= 0.6 is 0 Å². The maximum absolute atomic E-state index is 11.8. The Hall–Kier alpha value is -2.47. The Balaban J connectivity index is 1.85. The van der Waals surface area contributed by atoms with Crippen molar-refractivity contribution >= 4 is 22.1 Å². The molecular weight excluding hydrogens is 274 g/mol. The number of nitrogens with zero attached hydrogens (tertiary/aromatic N) is 2. The zero-order valence-electron chi connectivity index (χ0n) is 10.4. The van der Waals surface area contributed by atoms with Crippen molar-refractivity contribution in [1.29, 1.82) is 0 Å². The number of hydrogen-bond acceptors (Lipinski definition) is 4. The van der Waals surface area contributed by atoms with Crippen LogP contribution in [0.3, 0.4) is 0 Å². The van der Waals surface area contributed by atoms with Gasteiger partial charge >= 0.3 is 0 Å². The normalized spacial score (nSPS) is 15.9. The first-order chi connectivity index (χ1) is 9.67.